The summed E-state index contributed by atoms with van der Waals surface area (Å²) in [5.74, 6) is 0.0932. The van der Waals surface area contributed by atoms with Gasteiger partial charge in [0, 0.05) is 17.1 Å². The highest BCUT2D eigenvalue weighted by molar-refractivity contribution is 6.31. The fraction of sp³-hybridized carbons (Fsp3) is 0.625. The predicted molar refractivity (Wildman–Crippen MR) is 82.4 cm³/mol. The number of hydrogen-bond donors (Lipinski definition) is 1. The van der Waals surface area contributed by atoms with Crippen molar-refractivity contribution in [1.82, 2.24) is 4.90 Å². The van der Waals surface area contributed by atoms with Gasteiger partial charge in [0.25, 0.3) is 0 Å². The second kappa shape index (κ2) is 6.88. The molecule has 0 bridgehead atoms. The van der Waals surface area contributed by atoms with Gasteiger partial charge in [0.15, 0.2) is 0 Å². The summed E-state index contributed by atoms with van der Waals surface area (Å²) in [6, 6.07) is 5.35. The van der Waals surface area contributed by atoms with Gasteiger partial charge in [-0.3, -0.25) is 4.90 Å². The van der Waals surface area contributed by atoms with Crippen LogP contribution in [-0.2, 0) is 0 Å². The Morgan fingerprint density at radius 3 is 2.75 bits per heavy atom. The lowest BCUT2D eigenvalue weighted by Crippen LogP contribution is -2.40. The van der Waals surface area contributed by atoms with Crippen LogP contribution in [0.4, 0.5) is 4.39 Å². The van der Waals surface area contributed by atoms with E-state index in [1.54, 1.807) is 0 Å². The quantitative estimate of drug-likeness (QED) is 0.914. The summed E-state index contributed by atoms with van der Waals surface area (Å²) in [4.78, 5) is 2.46. The molecule has 1 fully saturated rings. The maximum absolute atomic E-state index is 13.3. The molecule has 2 N–H and O–H groups in total. The Morgan fingerprint density at radius 1 is 1.40 bits per heavy atom. The fourth-order valence-electron chi connectivity index (χ4n) is 3.27. The van der Waals surface area contributed by atoms with Gasteiger partial charge >= 0.3 is 0 Å². The van der Waals surface area contributed by atoms with E-state index in [9.17, 15) is 4.39 Å². The standard InChI is InChI=1S/C16H24ClFN2/c1-11(2)20-8-4-3-5-12(10-19)16(20)14-7-6-13(18)9-15(14)17/h6-7,9,11-12,16H,3-5,8,10,19H2,1-2H3. The zero-order chi connectivity index (χ0) is 14.7. The number of benzene rings is 1. The monoisotopic (exact) mass is 298 g/mol. The van der Waals surface area contributed by atoms with E-state index in [1.165, 1.54) is 25.0 Å². The van der Waals surface area contributed by atoms with E-state index in [0.29, 0.717) is 23.5 Å². The smallest absolute Gasteiger partial charge is 0.124 e. The molecule has 4 heteroatoms. The molecule has 2 rings (SSSR count). The lowest BCUT2D eigenvalue weighted by atomic mass is 9.88. The molecule has 1 aliphatic heterocycles. The molecule has 2 unspecified atom stereocenters. The second-order valence-electron chi connectivity index (χ2n) is 5.93. The van der Waals surface area contributed by atoms with Crippen molar-refractivity contribution < 1.29 is 4.39 Å². The number of hydrogen-bond acceptors (Lipinski definition) is 2. The van der Waals surface area contributed by atoms with Gasteiger partial charge in [-0.2, -0.15) is 0 Å². The number of likely N-dealkylation sites (tertiary alicyclic amines) is 1. The van der Waals surface area contributed by atoms with Crippen molar-refractivity contribution in [1.29, 1.82) is 0 Å². The lowest BCUT2D eigenvalue weighted by Gasteiger charge is -2.38. The predicted octanol–water partition coefficient (Wildman–Crippen LogP) is 3.99. The van der Waals surface area contributed by atoms with Crippen LogP contribution in [-0.4, -0.2) is 24.0 Å². The molecule has 20 heavy (non-hydrogen) atoms. The van der Waals surface area contributed by atoms with E-state index in [1.807, 2.05) is 6.07 Å². The first-order valence-electron chi connectivity index (χ1n) is 7.45. The molecule has 1 heterocycles. The molecule has 1 aromatic carbocycles. The molecule has 0 spiro atoms. The van der Waals surface area contributed by atoms with Crippen LogP contribution in [0.5, 0.6) is 0 Å². The van der Waals surface area contributed by atoms with Gasteiger partial charge in [0.05, 0.1) is 0 Å². The Balaban J connectivity index is 2.43. The van der Waals surface area contributed by atoms with E-state index < -0.39 is 0 Å². The van der Waals surface area contributed by atoms with E-state index in [2.05, 4.69) is 18.7 Å². The molecule has 112 valence electrons. The summed E-state index contributed by atoms with van der Waals surface area (Å²) < 4.78 is 13.3. The first-order valence-corrected chi connectivity index (χ1v) is 7.83. The molecular weight excluding hydrogens is 275 g/mol. The molecule has 0 amide bonds. The molecule has 0 radical (unpaired) electrons. The third-order valence-corrected chi connectivity index (χ3v) is 4.62. The fourth-order valence-corrected chi connectivity index (χ4v) is 3.55. The van der Waals surface area contributed by atoms with Gasteiger partial charge in [-0.1, -0.05) is 24.1 Å². The maximum Gasteiger partial charge on any atom is 0.124 e. The normalized spacial score (nSPS) is 24.9. The highest BCUT2D eigenvalue weighted by atomic mass is 35.5. The third-order valence-electron chi connectivity index (χ3n) is 4.29. The van der Waals surface area contributed by atoms with Gasteiger partial charge in [0.1, 0.15) is 5.82 Å². The van der Waals surface area contributed by atoms with Crippen molar-refractivity contribution in [3.8, 4) is 0 Å². The number of nitrogens with zero attached hydrogens (tertiary/aromatic N) is 1. The minimum Gasteiger partial charge on any atom is -0.330 e. The van der Waals surface area contributed by atoms with E-state index in [0.717, 1.165) is 18.5 Å². The van der Waals surface area contributed by atoms with Crippen LogP contribution in [0, 0.1) is 11.7 Å². The molecular formula is C16H24ClFN2. The summed E-state index contributed by atoms with van der Waals surface area (Å²) >= 11 is 6.30. The molecule has 0 aromatic heterocycles. The lowest BCUT2D eigenvalue weighted by molar-refractivity contribution is 0.121. The Labute approximate surface area is 126 Å². The third kappa shape index (κ3) is 3.33. The molecule has 2 atom stereocenters. The van der Waals surface area contributed by atoms with E-state index in [4.69, 9.17) is 17.3 Å². The average Bonchev–Trinajstić information content (AvgIpc) is 2.61. The zero-order valence-corrected chi connectivity index (χ0v) is 13.0. The van der Waals surface area contributed by atoms with Crippen LogP contribution in [0.1, 0.15) is 44.7 Å². The van der Waals surface area contributed by atoms with Crippen molar-refractivity contribution in [2.45, 2.75) is 45.2 Å². The number of halogens is 2. The summed E-state index contributed by atoms with van der Waals surface area (Å²) in [5.41, 5.74) is 7.01. The first kappa shape index (κ1) is 15.7. The highest BCUT2D eigenvalue weighted by Gasteiger charge is 2.32. The Kier molecular flexibility index (Phi) is 5.42. The molecule has 1 aromatic rings. The van der Waals surface area contributed by atoms with Crippen molar-refractivity contribution in [3.63, 3.8) is 0 Å². The summed E-state index contributed by atoms with van der Waals surface area (Å²) in [7, 11) is 0. The van der Waals surface area contributed by atoms with Crippen molar-refractivity contribution >= 4 is 11.6 Å². The van der Waals surface area contributed by atoms with Crippen molar-refractivity contribution in [2.75, 3.05) is 13.1 Å². The van der Waals surface area contributed by atoms with Crippen LogP contribution in [0.15, 0.2) is 18.2 Å². The van der Waals surface area contributed by atoms with Crippen LogP contribution in [0.2, 0.25) is 5.02 Å². The second-order valence-corrected chi connectivity index (χ2v) is 6.34. The topological polar surface area (TPSA) is 29.3 Å². The van der Waals surface area contributed by atoms with Crippen LogP contribution >= 0.6 is 11.6 Å². The zero-order valence-electron chi connectivity index (χ0n) is 12.3. The molecule has 2 nitrogen and oxygen atoms in total. The Morgan fingerprint density at radius 2 is 2.15 bits per heavy atom. The molecule has 1 aliphatic rings. The first-order chi connectivity index (χ1) is 9.54. The molecule has 0 saturated carbocycles. The summed E-state index contributed by atoms with van der Waals surface area (Å²) in [6.07, 6.45) is 3.49. The van der Waals surface area contributed by atoms with Crippen LogP contribution < -0.4 is 5.73 Å². The molecule has 1 saturated heterocycles. The van der Waals surface area contributed by atoms with Gasteiger partial charge in [-0.15, -0.1) is 0 Å². The number of nitrogens with two attached hydrogens (primary N) is 1. The molecule has 0 aliphatic carbocycles. The van der Waals surface area contributed by atoms with Gasteiger partial charge in [-0.25, -0.2) is 4.39 Å². The van der Waals surface area contributed by atoms with E-state index >= 15 is 0 Å². The minimum atomic E-state index is -0.284. The maximum atomic E-state index is 13.3. The Bertz CT molecular complexity index is 450. The largest absolute Gasteiger partial charge is 0.330 e. The van der Waals surface area contributed by atoms with Gasteiger partial charge in [0.2, 0.25) is 0 Å². The van der Waals surface area contributed by atoms with Gasteiger partial charge < -0.3 is 5.73 Å². The Hall–Kier alpha value is -0.640. The van der Waals surface area contributed by atoms with Crippen LogP contribution in [0.25, 0.3) is 0 Å². The SMILES string of the molecule is CC(C)N1CCCCC(CN)C1c1ccc(F)cc1Cl. The van der Waals surface area contributed by atoms with E-state index in [-0.39, 0.29) is 11.9 Å². The van der Waals surface area contributed by atoms with Gasteiger partial charge in [-0.05, 0) is 63.4 Å². The highest BCUT2D eigenvalue weighted by Crippen LogP contribution is 2.39. The van der Waals surface area contributed by atoms with Crippen LogP contribution in [0.3, 0.4) is 0 Å². The van der Waals surface area contributed by atoms with Crippen molar-refractivity contribution in [3.05, 3.63) is 34.6 Å². The summed E-state index contributed by atoms with van der Waals surface area (Å²) in [5, 5.41) is 0.515. The summed E-state index contributed by atoms with van der Waals surface area (Å²) in [6.45, 7) is 6.08. The average molecular weight is 299 g/mol. The number of rotatable bonds is 3. The minimum absolute atomic E-state index is 0.190. The van der Waals surface area contributed by atoms with Crippen molar-refractivity contribution in [2.24, 2.45) is 11.7 Å².